The first-order chi connectivity index (χ1) is 13.1. The first-order valence-electron chi connectivity index (χ1n) is 10.0. The molecule has 0 aliphatic carbocycles. The largest absolute Gasteiger partial charge is 0.374 e. The predicted octanol–water partition coefficient (Wildman–Crippen LogP) is 3.55. The summed E-state index contributed by atoms with van der Waals surface area (Å²) in [6.45, 7) is 5.99. The molecule has 1 atom stereocenters. The molecule has 2 aliphatic heterocycles. The van der Waals surface area contributed by atoms with Crippen LogP contribution in [0, 0.1) is 6.92 Å². The number of carbonyl (C=O) groups is 1. The number of carbonyl (C=O) groups excluding carboxylic acids is 1. The number of hydrogen-bond acceptors (Lipinski definition) is 3. The number of likely N-dealkylation sites (N-methyl/N-ethyl adjacent to an activating group) is 1. The Hall–Kier alpha value is -2.33. The molecule has 2 aliphatic rings. The fourth-order valence-corrected chi connectivity index (χ4v) is 4.38. The van der Waals surface area contributed by atoms with Gasteiger partial charge in [0.25, 0.3) is 5.91 Å². The van der Waals surface area contributed by atoms with E-state index in [-0.39, 0.29) is 11.9 Å². The van der Waals surface area contributed by atoms with Gasteiger partial charge in [-0.15, -0.1) is 0 Å². The second-order valence-corrected chi connectivity index (χ2v) is 7.90. The monoisotopic (exact) mass is 363 g/mol. The Balaban J connectivity index is 1.52. The molecule has 0 aromatic heterocycles. The summed E-state index contributed by atoms with van der Waals surface area (Å²) in [6.07, 6.45) is 3.61. The van der Waals surface area contributed by atoms with Gasteiger partial charge in [0.1, 0.15) is 0 Å². The van der Waals surface area contributed by atoms with E-state index in [4.69, 9.17) is 0 Å². The first-order valence-corrected chi connectivity index (χ1v) is 10.0. The van der Waals surface area contributed by atoms with Crippen LogP contribution in [0.1, 0.15) is 45.9 Å². The third-order valence-electron chi connectivity index (χ3n) is 5.93. The van der Waals surface area contributed by atoms with Crippen molar-refractivity contribution in [1.82, 2.24) is 10.2 Å². The van der Waals surface area contributed by atoms with E-state index in [1.54, 1.807) is 0 Å². The van der Waals surface area contributed by atoms with Gasteiger partial charge < -0.3 is 10.2 Å². The van der Waals surface area contributed by atoms with Crippen molar-refractivity contribution in [2.75, 3.05) is 38.1 Å². The maximum absolute atomic E-state index is 12.6. The molecule has 0 spiro atoms. The summed E-state index contributed by atoms with van der Waals surface area (Å²) >= 11 is 0. The number of fused-ring (bicyclic) bond motifs is 1. The molecule has 1 N–H and O–H groups in total. The van der Waals surface area contributed by atoms with Crippen LogP contribution in [0.5, 0.6) is 0 Å². The lowest BCUT2D eigenvalue weighted by atomic mass is 10.0. The second-order valence-electron chi connectivity index (χ2n) is 7.90. The lowest BCUT2D eigenvalue weighted by molar-refractivity contribution is 0.0938. The highest BCUT2D eigenvalue weighted by Gasteiger charge is 2.26. The van der Waals surface area contributed by atoms with Gasteiger partial charge in [-0.25, -0.2) is 0 Å². The Labute approximate surface area is 162 Å². The van der Waals surface area contributed by atoms with Crippen molar-refractivity contribution in [3.63, 3.8) is 0 Å². The molecule has 0 bridgehead atoms. The maximum Gasteiger partial charge on any atom is 0.251 e. The molecule has 2 heterocycles. The predicted molar refractivity (Wildman–Crippen MR) is 110 cm³/mol. The van der Waals surface area contributed by atoms with Gasteiger partial charge in [0.05, 0.1) is 6.04 Å². The van der Waals surface area contributed by atoms with Gasteiger partial charge in [-0.3, -0.25) is 9.69 Å². The van der Waals surface area contributed by atoms with Crippen LogP contribution in [0.25, 0.3) is 0 Å². The summed E-state index contributed by atoms with van der Waals surface area (Å²) in [7, 11) is 2.16. The number of rotatable bonds is 5. The zero-order chi connectivity index (χ0) is 18.8. The summed E-state index contributed by atoms with van der Waals surface area (Å²) < 4.78 is 0. The summed E-state index contributed by atoms with van der Waals surface area (Å²) in [6, 6.07) is 14.9. The van der Waals surface area contributed by atoms with E-state index in [2.05, 4.69) is 40.4 Å². The van der Waals surface area contributed by atoms with Crippen molar-refractivity contribution < 1.29 is 4.79 Å². The standard InChI is InChI=1S/C23H29N3O/c1-17-6-5-7-20(14-17)23(27)24-16-22(26-11-3-4-12-26)18-8-9-21-19(15-18)10-13-25(21)2/h5-9,14-15,22H,3-4,10-13,16H2,1-2H3,(H,24,27)/t22-/m0/s1. The molecule has 1 amide bonds. The smallest absolute Gasteiger partial charge is 0.251 e. The van der Waals surface area contributed by atoms with Crippen molar-refractivity contribution in [2.24, 2.45) is 0 Å². The molecule has 1 fully saturated rings. The molecule has 2 aromatic rings. The lowest BCUT2D eigenvalue weighted by Crippen LogP contribution is -2.36. The second kappa shape index (κ2) is 7.73. The van der Waals surface area contributed by atoms with Gasteiger partial charge in [0.2, 0.25) is 0 Å². The van der Waals surface area contributed by atoms with Crippen LogP contribution in [0.4, 0.5) is 5.69 Å². The molecule has 4 heteroatoms. The summed E-state index contributed by atoms with van der Waals surface area (Å²) in [5.74, 6) is 0.0174. The summed E-state index contributed by atoms with van der Waals surface area (Å²) in [4.78, 5) is 17.5. The highest BCUT2D eigenvalue weighted by molar-refractivity contribution is 5.94. The normalized spacial score (nSPS) is 17.8. The van der Waals surface area contributed by atoms with Gasteiger partial charge in [0.15, 0.2) is 0 Å². The average molecular weight is 364 g/mol. The molecule has 27 heavy (non-hydrogen) atoms. The number of nitrogens with one attached hydrogen (secondary N) is 1. The van der Waals surface area contributed by atoms with E-state index in [0.717, 1.165) is 37.2 Å². The molecule has 0 unspecified atom stereocenters. The SMILES string of the molecule is Cc1cccc(C(=O)NC[C@@H](c2ccc3c(c2)CCN3C)N2CCCC2)c1. The number of likely N-dealkylation sites (tertiary alicyclic amines) is 1. The van der Waals surface area contributed by atoms with E-state index >= 15 is 0 Å². The van der Waals surface area contributed by atoms with Gasteiger partial charge in [0, 0.05) is 31.4 Å². The van der Waals surface area contributed by atoms with Gasteiger partial charge in [-0.1, -0.05) is 29.8 Å². The minimum atomic E-state index is 0.0174. The van der Waals surface area contributed by atoms with E-state index in [1.165, 1.54) is 29.7 Å². The van der Waals surface area contributed by atoms with Gasteiger partial charge in [-0.05, 0) is 68.6 Å². The highest BCUT2D eigenvalue weighted by Crippen LogP contribution is 2.32. The molecule has 0 saturated carbocycles. The van der Waals surface area contributed by atoms with E-state index in [9.17, 15) is 4.79 Å². The van der Waals surface area contributed by atoms with Crippen molar-refractivity contribution >= 4 is 11.6 Å². The fourth-order valence-electron chi connectivity index (χ4n) is 4.38. The topological polar surface area (TPSA) is 35.6 Å². The number of nitrogens with zero attached hydrogens (tertiary/aromatic N) is 2. The van der Waals surface area contributed by atoms with Gasteiger partial charge in [-0.2, -0.15) is 0 Å². The van der Waals surface area contributed by atoms with Crippen LogP contribution in [0.2, 0.25) is 0 Å². The minimum Gasteiger partial charge on any atom is -0.374 e. The molecular weight excluding hydrogens is 334 g/mol. The molecule has 142 valence electrons. The average Bonchev–Trinajstić information content (AvgIpc) is 3.32. The third-order valence-corrected chi connectivity index (χ3v) is 5.93. The van der Waals surface area contributed by atoms with Crippen LogP contribution < -0.4 is 10.2 Å². The Morgan fingerprint density at radius 1 is 1.11 bits per heavy atom. The van der Waals surface area contributed by atoms with Crippen LogP contribution in [0.3, 0.4) is 0 Å². The van der Waals surface area contributed by atoms with Crippen molar-refractivity contribution in [2.45, 2.75) is 32.2 Å². The third kappa shape index (κ3) is 3.86. The Morgan fingerprint density at radius 2 is 1.93 bits per heavy atom. The van der Waals surface area contributed by atoms with Crippen LogP contribution >= 0.6 is 0 Å². The minimum absolute atomic E-state index is 0.0174. The molecule has 0 radical (unpaired) electrons. The highest BCUT2D eigenvalue weighted by atomic mass is 16.1. The number of aryl methyl sites for hydroxylation is 1. The molecule has 2 aromatic carbocycles. The lowest BCUT2D eigenvalue weighted by Gasteiger charge is -2.29. The number of benzene rings is 2. The van der Waals surface area contributed by atoms with Crippen molar-refractivity contribution in [1.29, 1.82) is 0 Å². The quantitative estimate of drug-likeness (QED) is 0.882. The molecular formula is C23H29N3O. The zero-order valence-electron chi connectivity index (χ0n) is 16.4. The summed E-state index contributed by atoms with van der Waals surface area (Å²) in [5, 5.41) is 3.19. The van der Waals surface area contributed by atoms with E-state index in [1.807, 2.05) is 31.2 Å². The maximum atomic E-state index is 12.6. The van der Waals surface area contributed by atoms with E-state index < -0.39 is 0 Å². The van der Waals surface area contributed by atoms with Gasteiger partial charge >= 0.3 is 0 Å². The summed E-state index contributed by atoms with van der Waals surface area (Å²) in [5.41, 5.74) is 5.97. The number of hydrogen-bond donors (Lipinski definition) is 1. The molecule has 4 nitrogen and oxygen atoms in total. The Kier molecular flexibility index (Phi) is 5.17. The van der Waals surface area contributed by atoms with E-state index in [0.29, 0.717) is 6.54 Å². The molecule has 1 saturated heterocycles. The van der Waals surface area contributed by atoms with Crippen LogP contribution in [0.15, 0.2) is 42.5 Å². The van der Waals surface area contributed by atoms with Crippen LogP contribution in [-0.2, 0) is 6.42 Å². The number of amides is 1. The fraction of sp³-hybridized carbons (Fsp3) is 0.435. The Bertz CT molecular complexity index is 826. The van der Waals surface area contributed by atoms with Crippen molar-refractivity contribution in [3.05, 3.63) is 64.7 Å². The number of anilines is 1. The molecule has 4 rings (SSSR count). The Morgan fingerprint density at radius 3 is 2.70 bits per heavy atom. The first kappa shape index (κ1) is 18.1. The zero-order valence-corrected chi connectivity index (χ0v) is 16.4. The van der Waals surface area contributed by atoms with Crippen molar-refractivity contribution in [3.8, 4) is 0 Å². The van der Waals surface area contributed by atoms with Crippen LogP contribution in [-0.4, -0.2) is 44.0 Å².